The summed E-state index contributed by atoms with van der Waals surface area (Å²) in [5.74, 6) is 1.06. The maximum absolute atomic E-state index is 10.7. The van der Waals surface area contributed by atoms with Gasteiger partial charge in [0, 0.05) is 13.3 Å². The lowest BCUT2D eigenvalue weighted by molar-refractivity contribution is -0.148. The van der Waals surface area contributed by atoms with Crippen molar-refractivity contribution in [1.29, 1.82) is 0 Å². The molecule has 2 nitrogen and oxygen atoms in total. The van der Waals surface area contributed by atoms with Crippen LogP contribution in [-0.2, 0) is 9.53 Å². The zero-order chi connectivity index (χ0) is 9.14. The van der Waals surface area contributed by atoms with Crippen molar-refractivity contribution in [3.63, 3.8) is 0 Å². The predicted molar refractivity (Wildman–Crippen MR) is 47.4 cm³/mol. The van der Waals surface area contributed by atoms with Gasteiger partial charge in [-0.25, -0.2) is 0 Å². The van der Waals surface area contributed by atoms with E-state index in [9.17, 15) is 4.79 Å². The Hall–Kier alpha value is -0.530. The number of carbonyl (C=O) groups excluding carboxylic acids is 1. The average molecular weight is 169 g/mol. The lowest BCUT2D eigenvalue weighted by atomic mass is 9.81. The zero-order valence-corrected chi connectivity index (χ0v) is 8.04. The molecule has 1 radical (unpaired) electrons. The summed E-state index contributed by atoms with van der Waals surface area (Å²) in [5, 5.41) is 0. The fraction of sp³-hybridized carbons (Fsp3) is 0.800. The van der Waals surface area contributed by atoms with Crippen LogP contribution in [0.5, 0.6) is 0 Å². The molecule has 0 bridgehead atoms. The van der Waals surface area contributed by atoms with Crippen LogP contribution >= 0.6 is 0 Å². The molecule has 0 spiro atoms. The molecular weight excluding hydrogens is 152 g/mol. The third kappa shape index (κ3) is 2.50. The minimum atomic E-state index is -0.169. The molecule has 3 atom stereocenters. The van der Waals surface area contributed by atoms with Crippen molar-refractivity contribution in [2.45, 2.75) is 39.7 Å². The van der Waals surface area contributed by atoms with E-state index in [0.29, 0.717) is 5.92 Å². The highest BCUT2D eigenvalue weighted by Crippen LogP contribution is 2.29. The first kappa shape index (κ1) is 9.56. The van der Waals surface area contributed by atoms with Crippen molar-refractivity contribution < 1.29 is 9.53 Å². The van der Waals surface area contributed by atoms with E-state index in [-0.39, 0.29) is 12.1 Å². The Labute approximate surface area is 74.3 Å². The number of esters is 1. The minimum Gasteiger partial charge on any atom is -0.462 e. The Bertz CT molecular complexity index is 165. The van der Waals surface area contributed by atoms with Gasteiger partial charge in [0.15, 0.2) is 0 Å². The normalized spacial score (nSPS) is 36.1. The van der Waals surface area contributed by atoms with Crippen molar-refractivity contribution >= 4 is 5.97 Å². The average Bonchev–Trinajstić information content (AvgIpc) is 1.94. The van der Waals surface area contributed by atoms with E-state index in [1.807, 2.05) is 0 Å². The molecule has 3 unspecified atom stereocenters. The lowest BCUT2D eigenvalue weighted by Gasteiger charge is -2.31. The summed E-state index contributed by atoms with van der Waals surface area (Å²) in [5.41, 5.74) is 0. The molecule has 12 heavy (non-hydrogen) atoms. The zero-order valence-electron chi connectivity index (χ0n) is 8.04. The van der Waals surface area contributed by atoms with Crippen molar-refractivity contribution in [2.75, 3.05) is 0 Å². The molecule has 1 aliphatic rings. The highest BCUT2D eigenvalue weighted by molar-refractivity contribution is 5.66. The molecule has 1 fully saturated rings. The van der Waals surface area contributed by atoms with E-state index in [4.69, 9.17) is 4.74 Å². The van der Waals surface area contributed by atoms with Crippen LogP contribution in [0.4, 0.5) is 0 Å². The van der Waals surface area contributed by atoms with Crippen LogP contribution in [-0.4, -0.2) is 12.1 Å². The van der Waals surface area contributed by atoms with Crippen LogP contribution in [0.1, 0.15) is 33.6 Å². The van der Waals surface area contributed by atoms with E-state index >= 15 is 0 Å². The number of hydrogen-bond acceptors (Lipinski definition) is 2. The highest BCUT2D eigenvalue weighted by atomic mass is 16.5. The SMILES string of the molecule is CC(=O)OC1[CH]CC(C)CC1C. The molecule has 1 saturated carbocycles. The first-order valence-electron chi connectivity index (χ1n) is 4.60. The van der Waals surface area contributed by atoms with Crippen LogP contribution in [0.3, 0.4) is 0 Å². The molecule has 0 saturated heterocycles. The molecule has 0 aliphatic heterocycles. The fourth-order valence-electron chi connectivity index (χ4n) is 1.82. The third-order valence-corrected chi connectivity index (χ3v) is 2.41. The standard InChI is InChI=1S/C10H17O2/c1-7-4-5-10(8(2)6-7)12-9(3)11/h5,7-8,10H,4,6H2,1-3H3. The Kier molecular flexibility index (Phi) is 3.12. The molecule has 0 heterocycles. The van der Waals surface area contributed by atoms with Crippen molar-refractivity contribution in [3.05, 3.63) is 6.42 Å². The van der Waals surface area contributed by atoms with Crippen LogP contribution in [0.2, 0.25) is 0 Å². The maximum atomic E-state index is 10.7. The topological polar surface area (TPSA) is 26.3 Å². The van der Waals surface area contributed by atoms with Gasteiger partial charge in [-0.3, -0.25) is 4.79 Å². The summed E-state index contributed by atoms with van der Waals surface area (Å²) in [6.07, 6.45) is 4.41. The molecule has 0 aromatic heterocycles. The third-order valence-electron chi connectivity index (χ3n) is 2.41. The lowest BCUT2D eigenvalue weighted by Crippen LogP contribution is -2.30. The van der Waals surface area contributed by atoms with Gasteiger partial charge in [0.25, 0.3) is 0 Å². The van der Waals surface area contributed by atoms with Gasteiger partial charge in [0.1, 0.15) is 6.10 Å². The van der Waals surface area contributed by atoms with E-state index < -0.39 is 0 Å². The summed E-state index contributed by atoms with van der Waals surface area (Å²) in [4.78, 5) is 10.7. The second-order valence-corrected chi connectivity index (χ2v) is 3.86. The van der Waals surface area contributed by atoms with Crippen molar-refractivity contribution in [3.8, 4) is 0 Å². The Morgan fingerprint density at radius 2 is 2.17 bits per heavy atom. The molecule has 1 rings (SSSR count). The second kappa shape index (κ2) is 3.92. The van der Waals surface area contributed by atoms with Crippen LogP contribution in [0.25, 0.3) is 0 Å². The van der Waals surface area contributed by atoms with Crippen molar-refractivity contribution in [2.24, 2.45) is 11.8 Å². The molecule has 2 heteroatoms. The van der Waals surface area contributed by atoms with Gasteiger partial charge in [0.05, 0.1) is 0 Å². The van der Waals surface area contributed by atoms with E-state index in [0.717, 1.165) is 18.8 Å². The van der Waals surface area contributed by atoms with E-state index in [1.165, 1.54) is 6.92 Å². The Morgan fingerprint density at radius 3 is 2.67 bits per heavy atom. The first-order chi connectivity index (χ1) is 5.59. The summed E-state index contributed by atoms with van der Waals surface area (Å²) in [6.45, 7) is 5.84. The van der Waals surface area contributed by atoms with E-state index in [1.54, 1.807) is 0 Å². The summed E-state index contributed by atoms with van der Waals surface area (Å²) in [6, 6.07) is 0. The fourth-order valence-corrected chi connectivity index (χ4v) is 1.82. The number of hydrogen-bond donors (Lipinski definition) is 0. The minimum absolute atomic E-state index is 0.0544. The molecular formula is C10H17O2. The maximum Gasteiger partial charge on any atom is 0.302 e. The van der Waals surface area contributed by atoms with Gasteiger partial charge in [-0.15, -0.1) is 0 Å². The van der Waals surface area contributed by atoms with Gasteiger partial charge in [0.2, 0.25) is 0 Å². The number of ether oxygens (including phenoxy) is 1. The van der Waals surface area contributed by atoms with Gasteiger partial charge in [-0.2, -0.15) is 0 Å². The molecule has 69 valence electrons. The monoisotopic (exact) mass is 169 g/mol. The summed E-state index contributed by atoms with van der Waals surface area (Å²) in [7, 11) is 0. The molecule has 0 N–H and O–H groups in total. The molecule has 0 aromatic rings. The smallest absolute Gasteiger partial charge is 0.302 e. The van der Waals surface area contributed by atoms with Crippen LogP contribution in [0, 0.1) is 18.3 Å². The van der Waals surface area contributed by atoms with Gasteiger partial charge < -0.3 is 4.74 Å². The largest absolute Gasteiger partial charge is 0.462 e. The summed E-state index contributed by atoms with van der Waals surface area (Å²) < 4.78 is 5.16. The quantitative estimate of drug-likeness (QED) is 0.562. The number of rotatable bonds is 1. The Balaban J connectivity index is 2.39. The Morgan fingerprint density at radius 1 is 1.50 bits per heavy atom. The highest BCUT2D eigenvalue weighted by Gasteiger charge is 2.27. The van der Waals surface area contributed by atoms with Crippen molar-refractivity contribution in [1.82, 2.24) is 0 Å². The van der Waals surface area contributed by atoms with Gasteiger partial charge in [-0.05, 0) is 24.7 Å². The molecule has 0 aromatic carbocycles. The number of carbonyl (C=O) groups is 1. The summed E-state index contributed by atoms with van der Waals surface area (Å²) >= 11 is 0. The molecule has 1 aliphatic carbocycles. The van der Waals surface area contributed by atoms with Crippen LogP contribution < -0.4 is 0 Å². The van der Waals surface area contributed by atoms with Crippen LogP contribution in [0.15, 0.2) is 0 Å². The van der Waals surface area contributed by atoms with E-state index in [2.05, 4.69) is 20.3 Å². The molecule has 0 amide bonds. The first-order valence-corrected chi connectivity index (χ1v) is 4.60. The van der Waals surface area contributed by atoms with Gasteiger partial charge >= 0.3 is 5.97 Å². The predicted octanol–water partition coefficient (Wildman–Crippen LogP) is 2.19. The van der Waals surface area contributed by atoms with Gasteiger partial charge in [-0.1, -0.05) is 13.8 Å². The second-order valence-electron chi connectivity index (χ2n) is 3.86.